The predicted molar refractivity (Wildman–Crippen MR) is 105 cm³/mol. The molecule has 8 nitrogen and oxygen atoms in total. The molecule has 2 rings (SSSR count). The first-order valence-corrected chi connectivity index (χ1v) is 10.0. The lowest BCUT2D eigenvalue weighted by Gasteiger charge is -2.28. The summed E-state index contributed by atoms with van der Waals surface area (Å²) in [7, 11) is -3.80. The topological polar surface area (TPSA) is 110 Å². The van der Waals surface area contributed by atoms with Crippen LogP contribution in [0, 0.1) is 17.0 Å². The highest BCUT2D eigenvalue weighted by molar-refractivity contribution is 7.92. The van der Waals surface area contributed by atoms with Crippen molar-refractivity contribution in [3.8, 4) is 0 Å². The monoisotopic (exact) mass is 411 g/mol. The Bertz CT molecular complexity index is 994. The zero-order chi connectivity index (χ0) is 20.4. The van der Waals surface area contributed by atoms with Crippen molar-refractivity contribution >= 4 is 44.6 Å². The van der Waals surface area contributed by atoms with Gasteiger partial charge in [0.05, 0.1) is 28.1 Å². The number of halogens is 1. The number of carbonyl (C=O) groups excluding carboxylic acids is 1. The van der Waals surface area contributed by atoms with E-state index in [2.05, 4.69) is 5.32 Å². The van der Waals surface area contributed by atoms with Crippen LogP contribution in [0.4, 0.5) is 17.1 Å². The Labute approximate surface area is 162 Å². The third-order valence-electron chi connectivity index (χ3n) is 3.91. The molecule has 0 saturated heterocycles. The first kappa shape index (κ1) is 20.7. The van der Waals surface area contributed by atoms with E-state index >= 15 is 0 Å². The van der Waals surface area contributed by atoms with Gasteiger partial charge in [-0.2, -0.15) is 0 Å². The van der Waals surface area contributed by atoms with Crippen LogP contribution in [0.25, 0.3) is 0 Å². The highest BCUT2D eigenvalue weighted by Gasteiger charge is 2.30. The van der Waals surface area contributed by atoms with Gasteiger partial charge in [-0.25, -0.2) is 8.42 Å². The summed E-state index contributed by atoms with van der Waals surface area (Å²) in [5.74, 6) is -0.635. The molecule has 0 aliphatic rings. The van der Waals surface area contributed by atoms with E-state index in [-0.39, 0.29) is 22.6 Å². The minimum atomic E-state index is -3.80. The molecule has 27 heavy (non-hydrogen) atoms. The number of sulfonamides is 1. The SMILES string of the molecule is Cc1c(NC(=O)[C@H](C)N(c2cccc(Cl)c2)S(C)(=O)=O)cccc1[N+](=O)[O-]. The molecule has 0 fully saturated rings. The highest BCUT2D eigenvalue weighted by Crippen LogP contribution is 2.27. The molecule has 0 aromatic heterocycles. The van der Waals surface area contributed by atoms with Crippen molar-refractivity contribution in [1.29, 1.82) is 0 Å². The summed E-state index contributed by atoms with van der Waals surface area (Å²) in [5, 5.41) is 13.9. The van der Waals surface area contributed by atoms with Gasteiger partial charge in [-0.15, -0.1) is 0 Å². The number of hydrogen-bond acceptors (Lipinski definition) is 5. The van der Waals surface area contributed by atoms with Crippen LogP contribution >= 0.6 is 11.6 Å². The fourth-order valence-electron chi connectivity index (χ4n) is 2.62. The lowest BCUT2D eigenvalue weighted by molar-refractivity contribution is -0.385. The molecule has 1 amide bonds. The molecule has 0 bridgehead atoms. The minimum absolute atomic E-state index is 0.143. The van der Waals surface area contributed by atoms with Gasteiger partial charge in [0, 0.05) is 11.1 Å². The zero-order valence-electron chi connectivity index (χ0n) is 14.8. The number of carbonyl (C=O) groups is 1. The van der Waals surface area contributed by atoms with Crippen molar-refractivity contribution in [2.45, 2.75) is 19.9 Å². The molecule has 2 aromatic rings. The molecule has 0 heterocycles. The Hall–Kier alpha value is -2.65. The van der Waals surface area contributed by atoms with Crippen LogP contribution in [0.2, 0.25) is 5.02 Å². The maximum Gasteiger partial charge on any atom is 0.274 e. The first-order valence-electron chi connectivity index (χ1n) is 7.82. The van der Waals surface area contributed by atoms with Gasteiger partial charge in [0.2, 0.25) is 15.9 Å². The molecule has 10 heteroatoms. The normalized spacial score (nSPS) is 12.3. The maximum atomic E-state index is 12.7. The molecule has 1 atom stereocenters. The Kier molecular flexibility index (Phi) is 6.07. The second kappa shape index (κ2) is 7.93. The Morgan fingerprint density at radius 3 is 2.44 bits per heavy atom. The third-order valence-corrected chi connectivity index (χ3v) is 5.39. The van der Waals surface area contributed by atoms with Gasteiger partial charge in [0.1, 0.15) is 6.04 Å². The standard InChI is InChI=1S/C17H18ClN3O5S/c1-11-15(8-5-9-16(11)21(23)24)19-17(22)12(2)20(27(3,25)26)14-7-4-6-13(18)10-14/h4-10,12H,1-3H3,(H,19,22)/t12-/m0/s1. The summed E-state index contributed by atoms with van der Waals surface area (Å²) in [6.45, 7) is 2.92. The van der Waals surface area contributed by atoms with Crippen molar-refractivity contribution in [3.05, 3.63) is 63.2 Å². The second-order valence-electron chi connectivity index (χ2n) is 5.91. The van der Waals surface area contributed by atoms with Gasteiger partial charge in [-0.1, -0.05) is 23.7 Å². The Morgan fingerprint density at radius 1 is 1.26 bits per heavy atom. The molecular weight excluding hydrogens is 394 g/mol. The van der Waals surface area contributed by atoms with Gasteiger partial charge >= 0.3 is 0 Å². The molecular formula is C17H18ClN3O5S. The van der Waals surface area contributed by atoms with E-state index in [0.717, 1.165) is 10.6 Å². The van der Waals surface area contributed by atoms with E-state index in [1.165, 1.54) is 44.2 Å². The summed E-state index contributed by atoms with van der Waals surface area (Å²) >= 11 is 5.94. The zero-order valence-corrected chi connectivity index (χ0v) is 16.4. The van der Waals surface area contributed by atoms with Crippen molar-refractivity contribution in [3.63, 3.8) is 0 Å². The molecule has 0 unspecified atom stereocenters. The average Bonchev–Trinajstić information content (AvgIpc) is 2.55. The number of benzene rings is 2. The highest BCUT2D eigenvalue weighted by atomic mass is 35.5. The van der Waals surface area contributed by atoms with Crippen molar-refractivity contribution in [2.75, 3.05) is 15.9 Å². The van der Waals surface area contributed by atoms with E-state index in [1.54, 1.807) is 12.1 Å². The number of amides is 1. The van der Waals surface area contributed by atoms with E-state index in [4.69, 9.17) is 11.6 Å². The molecule has 0 saturated carbocycles. The van der Waals surface area contributed by atoms with E-state index in [1.807, 2.05) is 0 Å². The molecule has 1 N–H and O–H groups in total. The van der Waals surface area contributed by atoms with E-state index in [0.29, 0.717) is 5.02 Å². The molecule has 0 spiro atoms. The number of nitrogens with zero attached hydrogens (tertiary/aromatic N) is 2. The van der Waals surface area contributed by atoms with Crippen molar-refractivity contribution in [2.24, 2.45) is 0 Å². The average molecular weight is 412 g/mol. The summed E-state index contributed by atoms with van der Waals surface area (Å²) in [4.78, 5) is 23.2. The Morgan fingerprint density at radius 2 is 1.89 bits per heavy atom. The number of anilines is 2. The maximum absolute atomic E-state index is 12.7. The second-order valence-corrected chi connectivity index (χ2v) is 8.21. The van der Waals surface area contributed by atoms with Crippen molar-refractivity contribution < 1.29 is 18.1 Å². The smallest absolute Gasteiger partial charge is 0.274 e. The van der Waals surface area contributed by atoms with Crippen LogP contribution in [0.15, 0.2) is 42.5 Å². The third kappa shape index (κ3) is 4.75. The van der Waals surface area contributed by atoms with Gasteiger partial charge in [-0.05, 0) is 38.1 Å². The minimum Gasteiger partial charge on any atom is -0.324 e. The van der Waals surface area contributed by atoms with Crippen LogP contribution in [0.5, 0.6) is 0 Å². The largest absolute Gasteiger partial charge is 0.324 e. The summed E-state index contributed by atoms with van der Waals surface area (Å²) in [5.41, 5.74) is 0.607. The molecule has 0 aliphatic heterocycles. The summed E-state index contributed by atoms with van der Waals surface area (Å²) in [6.07, 6.45) is 0.982. The number of nitro groups is 1. The van der Waals surface area contributed by atoms with E-state index in [9.17, 15) is 23.3 Å². The fourth-order valence-corrected chi connectivity index (χ4v) is 3.97. The van der Waals surface area contributed by atoms with E-state index < -0.39 is 26.9 Å². The number of rotatable bonds is 6. The fraction of sp³-hybridized carbons (Fsp3) is 0.235. The lowest BCUT2D eigenvalue weighted by atomic mass is 10.1. The van der Waals surface area contributed by atoms with Crippen LogP contribution in [0.1, 0.15) is 12.5 Å². The quantitative estimate of drug-likeness (QED) is 0.579. The first-order chi connectivity index (χ1) is 12.5. The van der Waals surface area contributed by atoms with Gasteiger partial charge in [-0.3, -0.25) is 19.2 Å². The van der Waals surface area contributed by atoms with Crippen molar-refractivity contribution in [1.82, 2.24) is 0 Å². The number of hydrogen-bond donors (Lipinski definition) is 1. The van der Waals surface area contributed by atoms with Crippen LogP contribution in [0.3, 0.4) is 0 Å². The molecule has 144 valence electrons. The number of nitrogens with one attached hydrogen (secondary N) is 1. The number of nitro benzene ring substituents is 1. The van der Waals surface area contributed by atoms with Gasteiger partial charge in [0.15, 0.2) is 0 Å². The van der Waals surface area contributed by atoms with Gasteiger partial charge < -0.3 is 5.32 Å². The summed E-state index contributed by atoms with van der Waals surface area (Å²) in [6, 6.07) is 9.28. The lowest BCUT2D eigenvalue weighted by Crippen LogP contribution is -2.45. The van der Waals surface area contributed by atoms with Crippen LogP contribution < -0.4 is 9.62 Å². The predicted octanol–water partition coefficient (Wildman–Crippen LogP) is 3.35. The van der Waals surface area contributed by atoms with Crippen LogP contribution in [-0.4, -0.2) is 31.5 Å². The van der Waals surface area contributed by atoms with Crippen LogP contribution in [-0.2, 0) is 14.8 Å². The molecule has 0 radical (unpaired) electrons. The molecule has 2 aromatic carbocycles. The Balaban J connectivity index is 2.37. The van der Waals surface area contributed by atoms with Gasteiger partial charge in [0.25, 0.3) is 5.69 Å². The molecule has 0 aliphatic carbocycles. The summed E-state index contributed by atoms with van der Waals surface area (Å²) < 4.78 is 25.5.